The first kappa shape index (κ1) is 11.0. The van der Waals surface area contributed by atoms with E-state index in [1.165, 1.54) is 19.3 Å². The van der Waals surface area contributed by atoms with Crippen LogP contribution in [0.15, 0.2) is 0 Å². The molecular weight excluding hydrogens is 230 g/mol. The Bertz CT molecular complexity index is 174. The van der Waals surface area contributed by atoms with Crippen LogP contribution in [0.25, 0.3) is 0 Å². The third-order valence-electron chi connectivity index (χ3n) is 2.79. The van der Waals surface area contributed by atoms with Crippen molar-refractivity contribution in [2.75, 3.05) is 5.33 Å². The van der Waals surface area contributed by atoms with Gasteiger partial charge in [0.05, 0.1) is 0 Å². The maximum atomic E-state index is 11.7. The van der Waals surface area contributed by atoms with Crippen LogP contribution in [-0.4, -0.2) is 28.2 Å². The third kappa shape index (κ3) is 2.70. The van der Waals surface area contributed by atoms with Crippen molar-refractivity contribution >= 4 is 21.8 Å². The molecule has 13 heavy (non-hydrogen) atoms. The number of alkyl halides is 1. The molecule has 2 nitrogen and oxygen atoms in total. The summed E-state index contributed by atoms with van der Waals surface area (Å²) in [7, 11) is 0. The summed E-state index contributed by atoms with van der Waals surface area (Å²) in [4.78, 5) is 13.8. The predicted octanol–water partition coefficient (Wildman–Crippen LogP) is 2.56. The number of hydrogen-bond acceptors (Lipinski definition) is 1. The van der Waals surface area contributed by atoms with Crippen molar-refractivity contribution in [3.63, 3.8) is 0 Å². The van der Waals surface area contributed by atoms with Gasteiger partial charge in [0.15, 0.2) is 0 Å². The summed E-state index contributed by atoms with van der Waals surface area (Å²) in [5.74, 6) is 0.302. The third-order valence-corrected chi connectivity index (χ3v) is 3.19. The number of nitrogens with zero attached hydrogens (tertiary/aromatic N) is 1. The van der Waals surface area contributed by atoms with Gasteiger partial charge in [-0.25, -0.2) is 0 Å². The van der Waals surface area contributed by atoms with Gasteiger partial charge in [-0.1, -0.05) is 15.9 Å². The van der Waals surface area contributed by atoms with E-state index in [0.717, 1.165) is 5.33 Å². The van der Waals surface area contributed by atoms with Gasteiger partial charge in [0.25, 0.3) is 0 Å². The van der Waals surface area contributed by atoms with E-state index in [2.05, 4.69) is 34.7 Å². The van der Waals surface area contributed by atoms with E-state index in [1.54, 1.807) is 0 Å². The van der Waals surface area contributed by atoms with Crippen LogP contribution in [0.5, 0.6) is 0 Å². The van der Waals surface area contributed by atoms with Crippen molar-refractivity contribution < 1.29 is 4.79 Å². The monoisotopic (exact) mass is 247 g/mol. The number of piperidine rings is 1. The normalized spacial score (nSPS) is 29.0. The molecule has 0 spiro atoms. The molecule has 1 amide bonds. The maximum absolute atomic E-state index is 11.7. The van der Waals surface area contributed by atoms with Crippen LogP contribution in [0.1, 0.15) is 39.5 Å². The van der Waals surface area contributed by atoms with Crippen LogP contribution in [0.3, 0.4) is 0 Å². The van der Waals surface area contributed by atoms with Crippen molar-refractivity contribution in [3.8, 4) is 0 Å². The minimum Gasteiger partial charge on any atom is -0.337 e. The highest BCUT2D eigenvalue weighted by atomic mass is 79.9. The first-order chi connectivity index (χ1) is 6.16. The lowest BCUT2D eigenvalue weighted by Crippen LogP contribution is -2.47. The molecule has 3 heteroatoms. The van der Waals surface area contributed by atoms with Crippen LogP contribution >= 0.6 is 15.9 Å². The molecule has 1 saturated heterocycles. The Labute approximate surface area is 88.8 Å². The topological polar surface area (TPSA) is 20.3 Å². The fraction of sp³-hybridized carbons (Fsp3) is 0.900. The molecule has 1 fully saturated rings. The van der Waals surface area contributed by atoms with Gasteiger partial charge in [-0.3, -0.25) is 4.79 Å². The van der Waals surface area contributed by atoms with Gasteiger partial charge >= 0.3 is 0 Å². The minimum atomic E-state index is 0.302. The average Bonchev–Trinajstić information content (AvgIpc) is 2.04. The largest absolute Gasteiger partial charge is 0.337 e. The van der Waals surface area contributed by atoms with E-state index in [4.69, 9.17) is 0 Å². The molecule has 0 radical (unpaired) electrons. The Hall–Kier alpha value is -0.0500. The lowest BCUT2D eigenvalue weighted by Gasteiger charge is -2.39. The molecule has 0 N–H and O–H groups in total. The highest BCUT2D eigenvalue weighted by Gasteiger charge is 2.27. The molecule has 0 aromatic heterocycles. The second-order valence-electron chi connectivity index (χ2n) is 3.87. The number of likely N-dealkylation sites (tertiary alicyclic amines) is 1. The second kappa shape index (κ2) is 4.99. The van der Waals surface area contributed by atoms with Gasteiger partial charge in [0.1, 0.15) is 0 Å². The zero-order chi connectivity index (χ0) is 9.84. The van der Waals surface area contributed by atoms with Crippen molar-refractivity contribution in [2.24, 2.45) is 0 Å². The van der Waals surface area contributed by atoms with E-state index in [9.17, 15) is 4.79 Å². The fourth-order valence-corrected chi connectivity index (χ4v) is 2.46. The lowest BCUT2D eigenvalue weighted by molar-refractivity contribution is -0.136. The summed E-state index contributed by atoms with van der Waals surface area (Å²) < 4.78 is 0. The Kier molecular flexibility index (Phi) is 4.23. The molecule has 76 valence electrons. The molecule has 2 unspecified atom stereocenters. The Balaban J connectivity index is 2.57. The van der Waals surface area contributed by atoms with Crippen LogP contribution in [-0.2, 0) is 4.79 Å². The Morgan fingerprint density at radius 3 is 2.38 bits per heavy atom. The average molecular weight is 248 g/mol. The molecule has 0 bridgehead atoms. The smallest absolute Gasteiger partial charge is 0.223 e. The summed E-state index contributed by atoms with van der Waals surface area (Å²) in [6.45, 7) is 4.31. The number of amides is 1. The fourth-order valence-electron chi connectivity index (χ4n) is 2.12. The zero-order valence-electron chi connectivity index (χ0n) is 8.42. The Morgan fingerprint density at radius 1 is 1.38 bits per heavy atom. The molecule has 1 aliphatic rings. The van der Waals surface area contributed by atoms with E-state index in [1.807, 2.05) is 0 Å². The van der Waals surface area contributed by atoms with Crippen molar-refractivity contribution in [3.05, 3.63) is 0 Å². The zero-order valence-corrected chi connectivity index (χ0v) is 10.0. The first-order valence-electron chi connectivity index (χ1n) is 5.04. The van der Waals surface area contributed by atoms with Gasteiger partial charge in [-0.2, -0.15) is 0 Å². The molecular formula is C10H18BrNO. The molecule has 2 atom stereocenters. The van der Waals surface area contributed by atoms with Gasteiger partial charge in [-0.15, -0.1) is 0 Å². The molecule has 0 aromatic rings. The maximum Gasteiger partial charge on any atom is 0.223 e. The number of carbonyl (C=O) groups excluding carboxylic acids is 1. The van der Waals surface area contributed by atoms with E-state index >= 15 is 0 Å². The molecule has 0 saturated carbocycles. The van der Waals surface area contributed by atoms with E-state index in [0.29, 0.717) is 24.4 Å². The van der Waals surface area contributed by atoms with Gasteiger partial charge in [-0.05, 0) is 33.1 Å². The molecule has 1 aliphatic heterocycles. The summed E-state index contributed by atoms with van der Waals surface area (Å²) in [6, 6.07) is 0.880. The predicted molar refractivity (Wildman–Crippen MR) is 58.0 cm³/mol. The van der Waals surface area contributed by atoms with E-state index in [-0.39, 0.29) is 0 Å². The van der Waals surface area contributed by atoms with E-state index < -0.39 is 0 Å². The van der Waals surface area contributed by atoms with Crippen LogP contribution in [0.4, 0.5) is 0 Å². The highest BCUT2D eigenvalue weighted by Crippen LogP contribution is 2.23. The van der Waals surface area contributed by atoms with Crippen LogP contribution in [0, 0.1) is 0 Å². The van der Waals surface area contributed by atoms with Crippen molar-refractivity contribution in [1.29, 1.82) is 0 Å². The Morgan fingerprint density at radius 2 is 1.92 bits per heavy atom. The number of halogens is 1. The molecule has 0 aliphatic carbocycles. The van der Waals surface area contributed by atoms with Crippen LogP contribution in [0.2, 0.25) is 0 Å². The SMILES string of the molecule is CC1CCCC(C)N1C(=O)CCBr. The molecule has 1 heterocycles. The van der Waals surface area contributed by atoms with Gasteiger partial charge < -0.3 is 4.90 Å². The minimum absolute atomic E-state index is 0.302. The molecule has 1 rings (SSSR count). The van der Waals surface area contributed by atoms with Gasteiger partial charge in [0.2, 0.25) is 5.91 Å². The molecule has 0 aromatic carbocycles. The van der Waals surface area contributed by atoms with Crippen molar-refractivity contribution in [2.45, 2.75) is 51.6 Å². The van der Waals surface area contributed by atoms with Crippen LogP contribution < -0.4 is 0 Å². The summed E-state index contributed by atoms with van der Waals surface area (Å²) in [5, 5.41) is 0.780. The quantitative estimate of drug-likeness (QED) is 0.688. The first-order valence-corrected chi connectivity index (χ1v) is 6.16. The second-order valence-corrected chi connectivity index (χ2v) is 4.66. The number of carbonyl (C=O) groups is 1. The standard InChI is InChI=1S/C10H18BrNO/c1-8-4-3-5-9(2)12(8)10(13)6-7-11/h8-9H,3-7H2,1-2H3. The highest BCUT2D eigenvalue weighted by molar-refractivity contribution is 9.09. The summed E-state index contributed by atoms with van der Waals surface area (Å²) in [6.07, 6.45) is 4.23. The van der Waals surface area contributed by atoms with Gasteiger partial charge in [0, 0.05) is 23.8 Å². The summed E-state index contributed by atoms with van der Waals surface area (Å²) >= 11 is 3.31. The number of hydrogen-bond donors (Lipinski definition) is 0. The number of rotatable bonds is 2. The summed E-state index contributed by atoms with van der Waals surface area (Å²) in [5.41, 5.74) is 0. The van der Waals surface area contributed by atoms with Crippen molar-refractivity contribution in [1.82, 2.24) is 4.90 Å². The lowest BCUT2D eigenvalue weighted by atomic mass is 9.97.